The summed E-state index contributed by atoms with van der Waals surface area (Å²) in [4.78, 5) is 85.4. The average Bonchev–Trinajstić information content (AvgIpc) is 3.54. The highest BCUT2D eigenvalue weighted by Gasteiger charge is 2.50. The van der Waals surface area contributed by atoms with Gasteiger partial charge in [0.15, 0.2) is 61.2 Å². The van der Waals surface area contributed by atoms with Gasteiger partial charge in [-0.15, -0.1) is 0 Å². The molecule has 0 aliphatic carbocycles. The molecule has 0 spiro atoms. The monoisotopic (exact) mass is 1190 g/mol. The summed E-state index contributed by atoms with van der Waals surface area (Å²) in [5.41, 5.74) is 55.2. The maximum atomic E-state index is 13.5. The zero-order valence-corrected chi connectivity index (χ0v) is 47.7. The first kappa shape index (κ1) is 67.1. The number of rotatable bonds is 25. The minimum Gasteiger partial charge on any atom is -0.377 e. The second kappa shape index (κ2) is 31.8. The van der Waals surface area contributed by atoms with Crippen molar-refractivity contribution in [3.63, 3.8) is 0 Å². The van der Waals surface area contributed by atoms with Gasteiger partial charge in [-0.25, -0.2) is 25.0 Å². The smallest absolute Gasteiger partial charge is 0.242 e. The number of aliphatic imine (C=N–C) groups is 5. The van der Waals surface area contributed by atoms with Crippen LogP contribution in [0.5, 0.6) is 0 Å². The molecule has 83 heavy (non-hydrogen) atoms. The van der Waals surface area contributed by atoms with Crippen LogP contribution in [0.3, 0.4) is 0 Å². The summed E-state index contributed by atoms with van der Waals surface area (Å²) in [6, 6.07) is -3.88. The highest BCUT2D eigenvalue weighted by atomic mass is 16.8. The maximum Gasteiger partial charge on any atom is 0.242 e. The van der Waals surface area contributed by atoms with E-state index in [1.165, 1.54) is 14.2 Å². The van der Waals surface area contributed by atoms with Crippen molar-refractivity contribution in [3.8, 4) is 0 Å². The van der Waals surface area contributed by atoms with E-state index in [1.807, 2.05) is 0 Å². The fourth-order valence-electron chi connectivity index (χ4n) is 10.4. The van der Waals surface area contributed by atoms with Crippen molar-refractivity contribution in [1.29, 1.82) is 0 Å². The van der Waals surface area contributed by atoms with E-state index in [-0.39, 0.29) is 75.0 Å². The second-order valence-corrected chi connectivity index (χ2v) is 20.4. The van der Waals surface area contributed by atoms with E-state index in [9.17, 15) is 24.0 Å². The largest absolute Gasteiger partial charge is 0.377 e. The molecule has 0 unspecified atom stereocenters. The minimum atomic E-state index is -1.10. The number of carbonyl (C=O) groups is 5. The number of methoxy groups -OCH3 is 2. The van der Waals surface area contributed by atoms with Crippen LogP contribution in [0.4, 0.5) is 0 Å². The number of nitrogens with two attached hydrogens (primary N) is 10. The van der Waals surface area contributed by atoms with Gasteiger partial charge in [-0.05, 0) is 34.6 Å². The summed E-state index contributed by atoms with van der Waals surface area (Å²) in [6.45, 7) is 6.63. The van der Waals surface area contributed by atoms with Crippen molar-refractivity contribution < 1.29 is 76.1 Å². The lowest BCUT2D eigenvalue weighted by atomic mass is 9.95. The molecule has 5 heterocycles. The normalized spacial score (nSPS) is 34.3. The number of hydrogen-bond donors (Lipinski definition) is 15. The van der Waals surface area contributed by atoms with Crippen molar-refractivity contribution in [3.05, 3.63) is 0 Å². The third kappa shape index (κ3) is 21.1. The Hall–Kier alpha value is -6.74. The van der Waals surface area contributed by atoms with E-state index in [0.717, 1.165) is 0 Å². The standard InChI is InChI=1S/C47H86N20O16/c1-18-38(74-7)23(63-28(68)13-58-43(48)49)9-34(76-18)80-40-20(3)78-36(11-25(40)65-30(70)15-60-45(52)53)82-42-22(5)79-37(12-27(42)67-32(72)17-62-47(56)57)83-41-21(4)77-35(10-26(41)66-31(71)16-61-46(54)55)81-39-19(2)75-33(73-6)8-24(39)64-29(69)14-59-44(50)51/h18-27,33-42H,8-17H2,1-7H3,(H,63,68)(H,64,69)(H,65,70)(H,66,71)(H,67,72)(H4,48,49,58)(H4,50,51,59)(H4,52,53,60)(H4,54,55,61)(H4,56,57,62)/t18-,19-,20-,21-,22-,23-,24-,25-,26-,27-,33+,34-,35-,36-,37-,38+,39+,40+,41+,42+/m0/s1. The molecule has 5 fully saturated rings. The number of guanidine groups is 5. The molecule has 0 aromatic carbocycles. The zero-order chi connectivity index (χ0) is 61.2. The molecular formula is C47H86N20O16. The van der Waals surface area contributed by atoms with Crippen molar-refractivity contribution in [2.24, 2.45) is 82.3 Å². The fourth-order valence-corrected chi connectivity index (χ4v) is 10.4. The Bertz CT molecular complexity index is 2320. The summed E-state index contributed by atoms with van der Waals surface area (Å²) >= 11 is 0. The van der Waals surface area contributed by atoms with E-state index in [0.29, 0.717) is 0 Å². The van der Waals surface area contributed by atoms with Gasteiger partial charge in [0.2, 0.25) is 29.5 Å². The number of ether oxygens (including phenoxy) is 11. The molecule has 5 amide bonds. The molecule has 20 atom stereocenters. The number of nitrogens with zero attached hydrogens (tertiary/aromatic N) is 5. The molecule has 0 aromatic heterocycles. The highest BCUT2D eigenvalue weighted by Crippen LogP contribution is 2.35. The first-order chi connectivity index (χ1) is 39.2. The predicted octanol–water partition coefficient (Wildman–Crippen LogP) is -8.35. The van der Waals surface area contributed by atoms with Crippen LogP contribution in [0.2, 0.25) is 0 Å². The SMILES string of the molecule is CO[C@H]1C[C@H](NC(=O)CN=C(N)N)[C@H](O[C@H]2C[C@H](NC(=O)CN=C(N)N)[C@H](O[C@H]3C[C@H](NC(=O)CN=C(N)N)[C@H](O[C@H]4C[C@H](NC(=O)CN=C(N)N)[C@H](O[C@H]5C[C@H](NC(=O)CN=C(N)N)[C@H](OC)[C@H](C)O5)[C@H](C)O4)[C@H](C)O3)[C@H](C)O2)[C@H](C)O1. The molecule has 5 aliphatic rings. The molecular weight excluding hydrogens is 1100 g/mol. The summed E-state index contributed by atoms with van der Waals surface area (Å²) in [7, 11) is 2.95. The summed E-state index contributed by atoms with van der Waals surface area (Å²) in [6.07, 6.45) is -12.6. The van der Waals surface area contributed by atoms with Crippen LogP contribution in [0, 0.1) is 0 Å². The van der Waals surface area contributed by atoms with Crippen LogP contribution in [-0.2, 0) is 76.1 Å². The number of nitrogens with one attached hydrogen (secondary N) is 5. The Morgan fingerprint density at radius 2 is 0.530 bits per heavy atom. The topological polar surface area (TPSA) is 569 Å². The molecule has 5 saturated heterocycles. The van der Waals surface area contributed by atoms with Crippen LogP contribution in [0.15, 0.2) is 25.0 Å². The first-order valence-electron chi connectivity index (χ1n) is 26.9. The van der Waals surface area contributed by atoms with E-state index in [1.54, 1.807) is 34.6 Å². The lowest BCUT2D eigenvalue weighted by Gasteiger charge is -2.48. The Labute approximate surface area is 479 Å². The Morgan fingerprint density at radius 3 is 0.735 bits per heavy atom. The molecule has 470 valence electrons. The third-order valence-corrected chi connectivity index (χ3v) is 13.9. The Kier molecular flexibility index (Phi) is 25.7. The van der Waals surface area contributed by atoms with Gasteiger partial charge in [-0.2, -0.15) is 0 Å². The summed E-state index contributed by atoms with van der Waals surface area (Å²) < 4.78 is 69.3. The molecule has 25 N–H and O–H groups in total. The molecule has 36 nitrogen and oxygen atoms in total. The fraction of sp³-hybridized carbons (Fsp3) is 0.787. The number of amides is 5. The van der Waals surface area contributed by atoms with Gasteiger partial charge in [0.1, 0.15) is 63.2 Å². The van der Waals surface area contributed by atoms with Gasteiger partial charge < -0.3 is 136 Å². The second-order valence-electron chi connectivity index (χ2n) is 20.4. The quantitative estimate of drug-likeness (QED) is 0.0298. The predicted molar refractivity (Wildman–Crippen MR) is 295 cm³/mol. The molecule has 0 saturated carbocycles. The summed E-state index contributed by atoms with van der Waals surface area (Å²) in [5, 5.41) is 14.6. The highest BCUT2D eigenvalue weighted by molar-refractivity contribution is 5.86. The Morgan fingerprint density at radius 1 is 0.337 bits per heavy atom. The lowest BCUT2D eigenvalue weighted by molar-refractivity contribution is -0.326. The van der Waals surface area contributed by atoms with Gasteiger partial charge >= 0.3 is 0 Å². The Balaban J connectivity index is 1.37. The molecule has 0 radical (unpaired) electrons. The van der Waals surface area contributed by atoms with Crippen LogP contribution >= 0.6 is 0 Å². The van der Waals surface area contributed by atoms with Crippen molar-refractivity contribution in [2.75, 3.05) is 46.9 Å². The van der Waals surface area contributed by atoms with E-state index < -0.39 is 172 Å². The van der Waals surface area contributed by atoms with Gasteiger partial charge in [0.25, 0.3) is 0 Å². The molecule has 0 bridgehead atoms. The van der Waals surface area contributed by atoms with Crippen molar-refractivity contribution in [2.45, 2.75) is 189 Å². The van der Waals surface area contributed by atoms with E-state index in [4.69, 9.17) is 109 Å². The van der Waals surface area contributed by atoms with Crippen molar-refractivity contribution in [1.82, 2.24) is 26.6 Å². The minimum absolute atomic E-state index is 0.0101. The average molecular weight is 1190 g/mol. The van der Waals surface area contributed by atoms with Gasteiger partial charge in [0, 0.05) is 46.3 Å². The van der Waals surface area contributed by atoms with Crippen molar-refractivity contribution >= 4 is 59.3 Å². The van der Waals surface area contributed by atoms with Gasteiger partial charge in [0.05, 0.1) is 60.7 Å². The lowest BCUT2D eigenvalue weighted by Crippen LogP contribution is -2.63. The maximum absolute atomic E-state index is 13.5. The summed E-state index contributed by atoms with van der Waals surface area (Å²) in [5.74, 6) is -4.17. The van der Waals surface area contributed by atoms with Crippen LogP contribution < -0.4 is 83.9 Å². The molecule has 0 aromatic rings. The van der Waals surface area contributed by atoms with Crippen LogP contribution in [-0.4, -0.2) is 229 Å². The zero-order valence-electron chi connectivity index (χ0n) is 47.7. The molecule has 36 heteroatoms. The molecule has 5 aliphatic heterocycles. The van der Waals surface area contributed by atoms with Crippen LogP contribution in [0.1, 0.15) is 66.7 Å². The third-order valence-electron chi connectivity index (χ3n) is 13.9. The van der Waals surface area contributed by atoms with Gasteiger partial charge in [-0.3, -0.25) is 24.0 Å². The first-order valence-corrected chi connectivity index (χ1v) is 26.9. The van der Waals surface area contributed by atoms with E-state index >= 15 is 0 Å². The van der Waals surface area contributed by atoms with Crippen LogP contribution in [0.25, 0.3) is 0 Å². The molecule has 5 rings (SSSR count). The number of carbonyl (C=O) groups excluding carboxylic acids is 5. The number of hydrogen-bond acceptors (Lipinski definition) is 21. The van der Waals surface area contributed by atoms with E-state index in [2.05, 4.69) is 51.5 Å². The van der Waals surface area contributed by atoms with Gasteiger partial charge in [-0.1, -0.05) is 0 Å².